The second kappa shape index (κ2) is 6.52. The molecular weight excluding hydrogens is 235 g/mol. The number of rotatable bonds is 4. The van der Waals surface area contributed by atoms with E-state index in [0.717, 1.165) is 6.16 Å². The van der Waals surface area contributed by atoms with Crippen LogP contribution in [0.1, 0.15) is 13.8 Å². The number of allylic oxidation sites excluding steroid dienone is 2. The SMILES string of the molecule is CC=C(C)CP(c1ccccc1)c1ccccc1. The molecule has 0 saturated carbocycles. The molecule has 0 nitrogen and oxygen atoms in total. The van der Waals surface area contributed by atoms with Gasteiger partial charge in [-0.2, -0.15) is 0 Å². The highest BCUT2D eigenvalue weighted by Crippen LogP contribution is 2.35. The van der Waals surface area contributed by atoms with Crippen LogP contribution in [0.5, 0.6) is 0 Å². The monoisotopic (exact) mass is 254 g/mol. The number of benzene rings is 2. The molecule has 2 aromatic carbocycles. The summed E-state index contributed by atoms with van der Waals surface area (Å²) < 4.78 is 0. The first kappa shape index (κ1) is 13.1. The van der Waals surface area contributed by atoms with Crippen molar-refractivity contribution in [1.29, 1.82) is 0 Å². The summed E-state index contributed by atoms with van der Waals surface area (Å²) >= 11 is 0. The molecule has 0 radical (unpaired) electrons. The first-order chi connectivity index (χ1) is 8.81. The Labute approximate surface area is 111 Å². The topological polar surface area (TPSA) is 0 Å². The van der Waals surface area contributed by atoms with Gasteiger partial charge in [0.15, 0.2) is 0 Å². The van der Waals surface area contributed by atoms with Crippen molar-refractivity contribution in [3.63, 3.8) is 0 Å². The summed E-state index contributed by atoms with van der Waals surface area (Å²) in [5, 5.41) is 2.92. The Morgan fingerprint density at radius 3 is 1.72 bits per heavy atom. The van der Waals surface area contributed by atoms with Gasteiger partial charge in [0, 0.05) is 0 Å². The van der Waals surface area contributed by atoms with Crippen LogP contribution in [0.3, 0.4) is 0 Å². The quantitative estimate of drug-likeness (QED) is 0.569. The second-order valence-electron chi connectivity index (χ2n) is 4.39. The van der Waals surface area contributed by atoms with Crippen LogP contribution in [0.25, 0.3) is 0 Å². The third-order valence-electron chi connectivity index (χ3n) is 3.04. The lowest BCUT2D eigenvalue weighted by Crippen LogP contribution is -2.14. The van der Waals surface area contributed by atoms with Crippen LogP contribution < -0.4 is 10.6 Å². The molecule has 0 aliphatic heterocycles. The zero-order valence-corrected chi connectivity index (χ0v) is 11.9. The summed E-state index contributed by atoms with van der Waals surface area (Å²) in [6, 6.07) is 21.7. The van der Waals surface area contributed by atoms with Crippen molar-refractivity contribution in [3.8, 4) is 0 Å². The fourth-order valence-electron chi connectivity index (χ4n) is 1.89. The Morgan fingerprint density at radius 2 is 1.33 bits per heavy atom. The van der Waals surface area contributed by atoms with Crippen molar-refractivity contribution < 1.29 is 0 Å². The molecule has 0 fully saturated rings. The van der Waals surface area contributed by atoms with E-state index in [1.165, 1.54) is 16.2 Å². The lowest BCUT2D eigenvalue weighted by atomic mass is 10.3. The minimum absolute atomic E-state index is 0.264. The van der Waals surface area contributed by atoms with Crippen molar-refractivity contribution in [3.05, 3.63) is 72.3 Å². The van der Waals surface area contributed by atoms with E-state index in [0.29, 0.717) is 0 Å². The van der Waals surface area contributed by atoms with Crippen molar-refractivity contribution in [2.24, 2.45) is 0 Å². The van der Waals surface area contributed by atoms with Gasteiger partial charge in [0.1, 0.15) is 0 Å². The van der Waals surface area contributed by atoms with Gasteiger partial charge in [-0.25, -0.2) is 0 Å². The number of hydrogen-bond donors (Lipinski definition) is 0. The fourth-order valence-corrected chi connectivity index (χ4v) is 4.30. The maximum Gasteiger partial charge on any atom is -0.00368 e. The first-order valence-electron chi connectivity index (χ1n) is 6.30. The van der Waals surface area contributed by atoms with E-state index in [4.69, 9.17) is 0 Å². The second-order valence-corrected chi connectivity index (χ2v) is 6.60. The van der Waals surface area contributed by atoms with Crippen molar-refractivity contribution in [2.45, 2.75) is 13.8 Å². The van der Waals surface area contributed by atoms with Crippen LogP contribution in [0, 0.1) is 0 Å². The van der Waals surface area contributed by atoms with Gasteiger partial charge >= 0.3 is 0 Å². The van der Waals surface area contributed by atoms with Crippen LogP contribution in [0.2, 0.25) is 0 Å². The molecule has 0 unspecified atom stereocenters. The first-order valence-corrected chi connectivity index (χ1v) is 7.83. The third-order valence-corrected chi connectivity index (χ3v) is 5.69. The van der Waals surface area contributed by atoms with E-state index in [1.807, 2.05) is 0 Å². The lowest BCUT2D eigenvalue weighted by molar-refractivity contribution is 1.37. The van der Waals surface area contributed by atoms with Gasteiger partial charge in [-0.15, -0.1) is 0 Å². The molecular formula is C17H19P. The van der Waals surface area contributed by atoms with Crippen molar-refractivity contribution >= 4 is 18.5 Å². The van der Waals surface area contributed by atoms with Gasteiger partial charge in [-0.05, 0) is 38.5 Å². The summed E-state index contributed by atoms with van der Waals surface area (Å²) in [5.41, 5.74) is 1.47. The van der Waals surface area contributed by atoms with Crippen LogP contribution >= 0.6 is 7.92 Å². The molecule has 0 amide bonds. The smallest absolute Gasteiger partial charge is 0.00368 e. The largest absolute Gasteiger partial charge is 0.0884 e. The van der Waals surface area contributed by atoms with Crippen molar-refractivity contribution in [1.82, 2.24) is 0 Å². The summed E-state index contributed by atoms with van der Waals surface area (Å²) in [4.78, 5) is 0. The van der Waals surface area contributed by atoms with Crippen molar-refractivity contribution in [2.75, 3.05) is 6.16 Å². The lowest BCUT2D eigenvalue weighted by Gasteiger charge is -2.19. The highest BCUT2D eigenvalue weighted by molar-refractivity contribution is 7.73. The molecule has 2 aromatic rings. The van der Waals surface area contributed by atoms with Crippen LogP contribution in [0.15, 0.2) is 72.3 Å². The standard InChI is InChI=1S/C17H19P/c1-3-15(2)14-18(16-10-6-4-7-11-16)17-12-8-5-9-13-17/h3-13H,14H2,1-2H3. The molecule has 92 valence electrons. The van der Waals surface area contributed by atoms with Gasteiger partial charge in [-0.1, -0.05) is 72.3 Å². The predicted octanol–water partition coefficient (Wildman–Crippen LogP) is 4.09. The minimum Gasteiger partial charge on any atom is -0.0884 e. The zero-order valence-electron chi connectivity index (χ0n) is 11.0. The van der Waals surface area contributed by atoms with Gasteiger partial charge < -0.3 is 0 Å². The average Bonchev–Trinajstić information content (AvgIpc) is 2.46. The summed E-state index contributed by atoms with van der Waals surface area (Å²) in [7, 11) is -0.264. The Hall–Kier alpha value is -1.39. The van der Waals surface area contributed by atoms with Gasteiger partial charge in [0.25, 0.3) is 0 Å². The molecule has 0 N–H and O–H groups in total. The van der Waals surface area contributed by atoms with Crippen LogP contribution in [-0.4, -0.2) is 6.16 Å². The molecule has 2 rings (SSSR count). The normalized spacial score (nSPS) is 11.8. The van der Waals surface area contributed by atoms with Crippen LogP contribution in [0.4, 0.5) is 0 Å². The zero-order chi connectivity index (χ0) is 12.8. The molecule has 1 heteroatoms. The van der Waals surface area contributed by atoms with Crippen LogP contribution in [-0.2, 0) is 0 Å². The van der Waals surface area contributed by atoms with Gasteiger partial charge in [0.2, 0.25) is 0 Å². The molecule has 0 aromatic heterocycles. The molecule has 0 saturated heterocycles. The Balaban J connectivity index is 2.35. The van der Waals surface area contributed by atoms with E-state index in [1.54, 1.807) is 0 Å². The fraction of sp³-hybridized carbons (Fsp3) is 0.176. The molecule has 0 heterocycles. The highest BCUT2D eigenvalue weighted by Gasteiger charge is 2.13. The third kappa shape index (κ3) is 3.31. The Kier molecular flexibility index (Phi) is 4.73. The van der Waals surface area contributed by atoms with E-state index in [2.05, 4.69) is 80.6 Å². The van der Waals surface area contributed by atoms with E-state index in [-0.39, 0.29) is 7.92 Å². The molecule has 0 aliphatic carbocycles. The Bertz CT molecular complexity index is 460. The number of hydrogen-bond acceptors (Lipinski definition) is 0. The maximum absolute atomic E-state index is 2.25. The predicted molar refractivity (Wildman–Crippen MR) is 83.4 cm³/mol. The molecule has 0 spiro atoms. The van der Waals surface area contributed by atoms with E-state index in [9.17, 15) is 0 Å². The molecule has 0 aliphatic rings. The highest BCUT2D eigenvalue weighted by atomic mass is 31.1. The minimum atomic E-state index is -0.264. The average molecular weight is 254 g/mol. The summed E-state index contributed by atoms with van der Waals surface area (Å²) in [6.07, 6.45) is 3.38. The molecule has 18 heavy (non-hydrogen) atoms. The van der Waals surface area contributed by atoms with E-state index >= 15 is 0 Å². The maximum atomic E-state index is 2.25. The molecule has 0 atom stereocenters. The van der Waals surface area contributed by atoms with Gasteiger partial charge in [0.05, 0.1) is 0 Å². The summed E-state index contributed by atoms with van der Waals surface area (Å²) in [5.74, 6) is 0. The summed E-state index contributed by atoms with van der Waals surface area (Å²) in [6.45, 7) is 4.35. The Morgan fingerprint density at radius 1 is 0.889 bits per heavy atom. The van der Waals surface area contributed by atoms with E-state index < -0.39 is 0 Å². The molecule has 0 bridgehead atoms. The van der Waals surface area contributed by atoms with Gasteiger partial charge in [-0.3, -0.25) is 0 Å².